The fourth-order valence-electron chi connectivity index (χ4n) is 3.53. The molecule has 1 amide bonds. The molecule has 0 atom stereocenters. The zero-order valence-electron chi connectivity index (χ0n) is 16.8. The SMILES string of the molecule is CO/N=C(/CN1CCc2nn(C3=CCCN=C3)cc2C1=O)c1ccc(C(F)(F)F)cc1. The Kier molecular flexibility index (Phi) is 5.62. The molecule has 10 heteroatoms. The van der Waals surface area contributed by atoms with E-state index in [1.807, 2.05) is 6.08 Å². The lowest BCUT2D eigenvalue weighted by Gasteiger charge is -2.26. The number of amides is 1. The van der Waals surface area contributed by atoms with E-state index in [9.17, 15) is 18.0 Å². The number of aliphatic imine (C=N–C) groups is 1. The summed E-state index contributed by atoms with van der Waals surface area (Å²) in [6.45, 7) is 1.26. The number of aromatic nitrogens is 2. The van der Waals surface area contributed by atoms with Crippen molar-refractivity contribution < 1.29 is 22.8 Å². The minimum Gasteiger partial charge on any atom is -0.399 e. The molecule has 0 N–H and O–H groups in total. The molecule has 1 aromatic carbocycles. The van der Waals surface area contributed by atoms with Crippen LogP contribution in [0, 0.1) is 0 Å². The van der Waals surface area contributed by atoms with Crippen molar-refractivity contribution in [2.45, 2.75) is 19.0 Å². The van der Waals surface area contributed by atoms with Gasteiger partial charge in [0.2, 0.25) is 0 Å². The van der Waals surface area contributed by atoms with Crippen LogP contribution in [0.3, 0.4) is 0 Å². The molecule has 0 saturated heterocycles. The van der Waals surface area contributed by atoms with E-state index in [4.69, 9.17) is 4.84 Å². The zero-order chi connectivity index (χ0) is 22.0. The molecule has 0 aliphatic carbocycles. The first-order valence-electron chi connectivity index (χ1n) is 9.72. The van der Waals surface area contributed by atoms with Gasteiger partial charge in [0, 0.05) is 37.5 Å². The number of oxime groups is 1. The highest BCUT2D eigenvalue weighted by Crippen LogP contribution is 2.29. The third-order valence-electron chi connectivity index (χ3n) is 5.11. The number of dihydropyridines is 1. The van der Waals surface area contributed by atoms with Gasteiger partial charge in [0.1, 0.15) is 12.8 Å². The fraction of sp³-hybridized carbons (Fsp3) is 0.333. The molecular formula is C21H20F3N5O2. The molecular weight excluding hydrogens is 411 g/mol. The smallest absolute Gasteiger partial charge is 0.399 e. The van der Waals surface area contributed by atoms with Crippen LogP contribution >= 0.6 is 0 Å². The first kappa shape index (κ1) is 20.8. The number of benzene rings is 1. The number of allylic oxidation sites excluding steroid dienone is 1. The molecule has 0 bridgehead atoms. The van der Waals surface area contributed by atoms with Crippen LogP contribution in [0.2, 0.25) is 0 Å². The second-order valence-electron chi connectivity index (χ2n) is 7.16. The quantitative estimate of drug-likeness (QED) is 0.539. The molecule has 0 spiro atoms. The number of hydrogen-bond acceptors (Lipinski definition) is 5. The second-order valence-corrected chi connectivity index (χ2v) is 7.16. The molecule has 0 saturated carbocycles. The summed E-state index contributed by atoms with van der Waals surface area (Å²) in [5.41, 5.74) is 2.09. The lowest BCUT2D eigenvalue weighted by Crippen LogP contribution is -2.40. The topological polar surface area (TPSA) is 72.1 Å². The average molecular weight is 431 g/mol. The molecule has 3 heterocycles. The van der Waals surface area contributed by atoms with Crippen LogP contribution < -0.4 is 0 Å². The number of fused-ring (bicyclic) bond motifs is 1. The van der Waals surface area contributed by atoms with Crippen LogP contribution in [0.25, 0.3) is 5.70 Å². The van der Waals surface area contributed by atoms with Crippen molar-refractivity contribution in [2.24, 2.45) is 10.1 Å². The van der Waals surface area contributed by atoms with Crippen LogP contribution in [0.5, 0.6) is 0 Å². The summed E-state index contributed by atoms with van der Waals surface area (Å²) in [5.74, 6) is -0.212. The van der Waals surface area contributed by atoms with Gasteiger partial charge < -0.3 is 9.74 Å². The van der Waals surface area contributed by atoms with Gasteiger partial charge in [-0.05, 0) is 18.6 Å². The maximum absolute atomic E-state index is 13.0. The van der Waals surface area contributed by atoms with Crippen LogP contribution in [0.15, 0.2) is 46.7 Å². The average Bonchev–Trinajstić information content (AvgIpc) is 3.21. The predicted molar refractivity (Wildman–Crippen MR) is 109 cm³/mol. The van der Waals surface area contributed by atoms with Gasteiger partial charge in [0.05, 0.1) is 29.1 Å². The van der Waals surface area contributed by atoms with E-state index in [2.05, 4.69) is 15.2 Å². The summed E-state index contributed by atoms with van der Waals surface area (Å²) in [6.07, 6.45) is 2.40. The molecule has 31 heavy (non-hydrogen) atoms. The fourth-order valence-corrected chi connectivity index (χ4v) is 3.53. The minimum absolute atomic E-state index is 0.104. The Labute approximate surface area is 176 Å². The molecule has 4 rings (SSSR count). The van der Waals surface area contributed by atoms with Gasteiger partial charge in [-0.2, -0.15) is 18.3 Å². The molecule has 2 aliphatic heterocycles. The predicted octanol–water partition coefficient (Wildman–Crippen LogP) is 3.27. The largest absolute Gasteiger partial charge is 0.416 e. The van der Waals surface area contributed by atoms with Gasteiger partial charge in [0.25, 0.3) is 5.91 Å². The summed E-state index contributed by atoms with van der Waals surface area (Å²) in [7, 11) is 1.35. The Balaban J connectivity index is 1.54. The van der Waals surface area contributed by atoms with Gasteiger partial charge in [-0.3, -0.25) is 9.79 Å². The Hall–Kier alpha value is -3.43. The van der Waals surface area contributed by atoms with Crippen molar-refractivity contribution in [1.29, 1.82) is 0 Å². The van der Waals surface area contributed by atoms with E-state index >= 15 is 0 Å². The number of rotatable bonds is 5. The van der Waals surface area contributed by atoms with E-state index in [-0.39, 0.29) is 12.5 Å². The highest BCUT2D eigenvalue weighted by atomic mass is 19.4. The van der Waals surface area contributed by atoms with Crippen molar-refractivity contribution in [2.75, 3.05) is 26.7 Å². The van der Waals surface area contributed by atoms with Gasteiger partial charge in [-0.25, -0.2) is 4.68 Å². The summed E-state index contributed by atoms with van der Waals surface area (Å²) in [4.78, 5) is 23.8. The van der Waals surface area contributed by atoms with E-state index < -0.39 is 11.7 Å². The Morgan fingerprint density at radius 1 is 1.26 bits per heavy atom. The molecule has 2 aromatic rings. The van der Waals surface area contributed by atoms with Crippen molar-refractivity contribution in [3.63, 3.8) is 0 Å². The Morgan fingerprint density at radius 3 is 2.68 bits per heavy atom. The number of hydrogen-bond donors (Lipinski definition) is 0. The van der Waals surface area contributed by atoms with Crippen molar-refractivity contribution >= 4 is 23.5 Å². The number of nitrogens with zero attached hydrogens (tertiary/aromatic N) is 5. The monoisotopic (exact) mass is 431 g/mol. The highest BCUT2D eigenvalue weighted by Gasteiger charge is 2.31. The van der Waals surface area contributed by atoms with Crippen LogP contribution in [-0.4, -0.2) is 59.3 Å². The lowest BCUT2D eigenvalue weighted by atomic mass is 10.0. The van der Waals surface area contributed by atoms with E-state index in [1.54, 1.807) is 22.0 Å². The molecule has 0 unspecified atom stereocenters. The van der Waals surface area contributed by atoms with Gasteiger partial charge in [0.15, 0.2) is 0 Å². The summed E-state index contributed by atoms with van der Waals surface area (Å²) < 4.78 is 40.2. The normalized spacial score (nSPS) is 16.9. The van der Waals surface area contributed by atoms with Crippen LogP contribution in [0.4, 0.5) is 13.2 Å². The first-order valence-corrected chi connectivity index (χ1v) is 9.72. The molecule has 0 fully saturated rings. The summed E-state index contributed by atoms with van der Waals surface area (Å²) in [5, 5.41) is 8.46. The van der Waals surface area contributed by atoms with Crippen molar-refractivity contribution in [1.82, 2.24) is 14.7 Å². The molecule has 1 aromatic heterocycles. The van der Waals surface area contributed by atoms with E-state index in [0.29, 0.717) is 35.5 Å². The van der Waals surface area contributed by atoms with Crippen LogP contribution in [0.1, 0.15) is 33.6 Å². The Morgan fingerprint density at radius 2 is 2.03 bits per heavy atom. The highest BCUT2D eigenvalue weighted by molar-refractivity contribution is 6.06. The van der Waals surface area contributed by atoms with Gasteiger partial charge >= 0.3 is 6.18 Å². The molecule has 2 aliphatic rings. The third-order valence-corrected chi connectivity index (χ3v) is 5.11. The van der Waals surface area contributed by atoms with E-state index in [1.165, 1.54) is 19.2 Å². The minimum atomic E-state index is -4.42. The maximum atomic E-state index is 13.0. The molecule has 0 radical (unpaired) electrons. The third kappa shape index (κ3) is 4.37. The number of alkyl halides is 3. The maximum Gasteiger partial charge on any atom is 0.416 e. The van der Waals surface area contributed by atoms with Gasteiger partial charge in [-0.1, -0.05) is 23.4 Å². The molecule has 7 nitrogen and oxygen atoms in total. The van der Waals surface area contributed by atoms with E-state index in [0.717, 1.165) is 30.8 Å². The second kappa shape index (κ2) is 8.37. The number of carbonyl (C=O) groups is 1. The Bertz CT molecular complexity index is 1070. The summed E-state index contributed by atoms with van der Waals surface area (Å²) in [6, 6.07) is 4.63. The van der Waals surface area contributed by atoms with Crippen LogP contribution in [-0.2, 0) is 17.4 Å². The molecule has 162 valence electrons. The van der Waals surface area contributed by atoms with Gasteiger partial charge in [-0.15, -0.1) is 0 Å². The number of carbonyl (C=O) groups excluding carboxylic acids is 1. The lowest BCUT2D eigenvalue weighted by molar-refractivity contribution is -0.137. The standard InChI is InChI=1S/C21H20F3N5O2/c1-31-27-19(14-4-6-15(7-5-14)21(22,23)24)13-28-10-8-18-17(20(28)30)12-29(26-18)16-3-2-9-25-11-16/h3-7,11-12H,2,8-10,13H2,1H3/b27-19-. The summed E-state index contributed by atoms with van der Waals surface area (Å²) >= 11 is 0. The van der Waals surface area contributed by atoms with Crippen molar-refractivity contribution in [3.8, 4) is 0 Å². The van der Waals surface area contributed by atoms with Crippen molar-refractivity contribution in [3.05, 3.63) is 58.9 Å². The number of halogens is 3. The zero-order valence-corrected chi connectivity index (χ0v) is 16.8. The first-order chi connectivity index (χ1) is 14.9.